The fourth-order valence-corrected chi connectivity index (χ4v) is 1.17. The second kappa shape index (κ2) is 10.9. The van der Waals surface area contributed by atoms with Gasteiger partial charge < -0.3 is 10.5 Å². The summed E-state index contributed by atoms with van der Waals surface area (Å²) in [6.07, 6.45) is 7.95. The van der Waals surface area contributed by atoms with Crippen molar-refractivity contribution in [1.82, 2.24) is 0 Å². The van der Waals surface area contributed by atoms with E-state index in [4.69, 9.17) is 10.5 Å². The van der Waals surface area contributed by atoms with E-state index in [9.17, 15) is 0 Å². The molecule has 0 aliphatic carbocycles. The van der Waals surface area contributed by atoms with E-state index < -0.39 is 0 Å². The summed E-state index contributed by atoms with van der Waals surface area (Å²) in [5.74, 6) is 0. The predicted octanol–water partition coefficient (Wildman–Crippen LogP) is 2.32. The number of hydrogen-bond donors (Lipinski definition) is 1. The average molecular weight is 173 g/mol. The molecule has 0 aromatic heterocycles. The van der Waals surface area contributed by atoms with Crippen LogP contribution >= 0.6 is 0 Å². The van der Waals surface area contributed by atoms with Gasteiger partial charge in [0.05, 0.1) is 6.61 Å². The van der Waals surface area contributed by atoms with E-state index in [1.807, 2.05) is 0 Å². The van der Waals surface area contributed by atoms with Crippen molar-refractivity contribution >= 4 is 0 Å². The molecule has 0 aliphatic heterocycles. The lowest BCUT2D eigenvalue weighted by Crippen LogP contribution is -2.08. The van der Waals surface area contributed by atoms with Gasteiger partial charge in [-0.15, -0.1) is 0 Å². The van der Waals surface area contributed by atoms with Gasteiger partial charge >= 0.3 is 0 Å². The highest BCUT2D eigenvalue weighted by atomic mass is 16.5. The molecule has 0 amide bonds. The molecule has 0 spiro atoms. The zero-order valence-corrected chi connectivity index (χ0v) is 8.35. The smallest absolute Gasteiger partial charge is 0.0588 e. The Balaban J connectivity index is 2.73. The van der Waals surface area contributed by atoms with Crippen molar-refractivity contribution in [3.63, 3.8) is 0 Å². The summed E-state index contributed by atoms with van der Waals surface area (Å²) in [4.78, 5) is 0. The molecule has 2 N–H and O–H groups in total. The van der Waals surface area contributed by atoms with Gasteiger partial charge in [-0.1, -0.05) is 39.0 Å². The van der Waals surface area contributed by atoms with Crippen LogP contribution in [0.1, 0.15) is 45.4 Å². The fraction of sp³-hybridized carbons (Fsp3) is 1.00. The molecule has 0 saturated carbocycles. The van der Waals surface area contributed by atoms with E-state index in [-0.39, 0.29) is 0 Å². The van der Waals surface area contributed by atoms with Crippen LogP contribution in [0.15, 0.2) is 0 Å². The van der Waals surface area contributed by atoms with Gasteiger partial charge in [0.2, 0.25) is 0 Å². The molecule has 0 aromatic rings. The lowest BCUT2D eigenvalue weighted by Gasteiger charge is -2.01. The van der Waals surface area contributed by atoms with Crippen molar-refractivity contribution in [3.05, 3.63) is 0 Å². The average Bonchev–Trinajstić information content (AvgIpc) is 2.10. The highest BCUT2D eigenvalue weighted by Gasteiger charge is 1.89. The van der Waals surface area contributed by atoms with Crippen LogP contribution in [0.2, 0.25) is 0 Å². The minimum atomic E-state index is 0.649. The molecule has 0 saturated heterocycles. The molecule has 0 aliphatic rings. The van der Waals surface area contributed by atoms with Gasteiger partial charge in [-0.25, -0.2) is 0 Å². The van der Waals surface area contributed by atoms with Crippen LogP contribution < -0.4 is 5.73 Å². The van der Waals surface area contributed by atoms with Crippen molar-refractivity contribution in [1.29, 1.82) is 0 Å². The molecular weight excluding hydrogens is 150 g/mol. The summed E-state index contributed by atoms with van der Waals surface area (Å²) in [7, 11) is 0. The first kappa shape index (κ1) is 11.9. The second-order valence-electron chi connectivity index (χ2n) is 3.17. The summed E-state index contributed by atoms with van der Waals surface area (Å²) in [5, 5.41) is 0. The van der Waals surface area contributed by atoms with E-state index in [0.717, 1.165) is 13.2 Å². The summed E-state index contributed by atoms with van der Waals surface area (Å²) in [6, 6.07) is 0. The minimum Gasteiger partial charge on any atom is -0.380 e. The van der Waals surface area contributed by atoms with Gasteiger partial charge in [-0.3, -0.25) is 0 Å². The van der Waals surface area contributed by atoms with Gasteiger partial charge in [-0.05, 0) is 6.42 Å². The molecule has 0 unspecified atom stereocenters. The monoisotopic (exact) mass is 173 g/mol. The van der Waals surface area contributed by atoms with Crippen LogP contribution in [0.3, 0.4) is 0 Å². The quantitative estimate of drug-likeness (QED) is 0.543. The third kappa shape index (κ3) is 9.92. The fourth-order valence-electron chi connectivity index (χ4n) is 1.17. The molecule has 0 fully saturated rings. The van der Waals surface area contributed by atoms with Crippen LogP contribution in [-0.4, -0.2) is 19.8 Å². The highest BCUT2D eigenvalue weighted by Crippen LogP contribution is 2.04. The Morgan fingerprint density at radius 3 is 2.25 bits per heavy atom. The van der Waals surface area contributed by atoms with Crippen LogP contribution in [-0.2, 0) is 4.74 Å². The van der Waals surface area contributed by atoms with Crippen molar-refractivity contribution in [2.24, 2.45) is 5.73 Å². The van der Waals surface area contributed by atoms with E-state index in [0.29, 0.717) is 6.54 Å². The molecule has 0 heterocycles. The van der Waals surface area contributed by atoms with Crippen LogP contribution in [0.4, 0.5) is 0 Å². The summed E-state index contributed by atoms with van der Waals surface area (Å²) < 4.78 is 5.26. The first-order valence-corrected chi connectivity index (χ1v) is 5.19. The molecule has 0 radical (unpaired) electrons. The normalized spacial score (nSPS) is 10.5. The van der Waals surface area contributed by atoms with Crippen molar-refractivity contribution < 1.29 is 4.74 Å². The predicted molar refractivity (Wildman–Crippen MR) is 53.2 cm³/mol. The Kier molecular flexibility index (Phi) is 10.8. The van der Waals surface area contributed by atoms with Gasteiger partial charge in [0, 0.05) is 13.2 Å². The summed E-state index contributed by atoms with van der Waals surface area (Å²) in [5.41, 5.74) is 5.28. The van der Waals surface area contributed by atoms with Crippen LogP contribution in [0, 0.1) is 0 Å². The van der Waals surface area contributed by atoms with Crippen LogP contribution in [0.5, 0.6) is 0 Å². The Labute approximate surface area is 76.5 Å². The Bertz CT molecular complexity index is 66.2. The standard InChI is InChI=1S/C10H23NO/c1-2-3-4-5-6-7-9-12-10-8-11/h2-11H2,1H3. The maximum atomic E-state index is 5.28. The zero-order valence-electron chi connectivity index (χ0n) is 8.35. The van der Waals surface area contributed by atoms with E-state index in [1.54, 1.807) is 0 Å². The van der Waals surface area contributed by atoms with Crippen molar-refractivity contribution in [2.75, 3.05) is 19.8 Å². The molecule has 0 atom stereocenters. The maximum absolute atomic E-state index is 5.28. The lowest BCUT2D eigenvalue weighted by atomic mass is 10.1. The summed E-state index contributed by atoms with van der Waals surface area (Å²) >= 11 is 0. The maximum Gasteiger partial charge on any atom is 0.0588 e. The lowest BCUT2D eigenvalue weighted by molar-refractivity contribution is 0.137. The number of unbranched alkanes of at least 4 members (excludes halogenated alkanes) is 5. The van der Waals surface area contributed by atoms with E-state index in [1.165, 1.54) is 38.5 Å². The SMILES string of the molecule is CCCCCCCCOCCN. The Hall–Kier alpha value is -0.0800. The number of rotatable bonds is 9. The van der Waals surface area contributed by atoms with Crippen LogP contribution in [0.25, 0.3) is 0 Å². The molecule has 0 aromatic carbocycles. The Morgan fingerprint density at radius 1 is 0.917 bits per heavy atom. The first-order chi connectivity index (χ1) is 5.91. The third-order valence-corrected chi connectivity index (χ3v) is 1.90. The largest absolute Gasteiger partial charge is 0.380 e. The zero-order chi connectivity index (χ0) is 9.07. The van der Waals surface area contributed by atoms with Crippen molar-refractivity contribution in [2.45, 2.75) is 45.4 Å². The molecule has 0 rings (SSSR count). The number of hydrogen-bond acceptors (Lipinski definition) is 2. The number of nitrogens with two attached hydrogens (primary N) is 1. The minimum absolute atomic E-state index is 0.649. The molecule has 12 heavy (non-hydrogen) atoms. The third-order valence-electron chi connectivity index (χ3n) is 1.90. The van der Waals surface area contributed by atoms with Gasteiger partial charge in [0.25, 0.3) is 0 Å². The highest BCUT2D eigenvalue weighted by molar-refractivity contribution is 4.43. The first-order valence-electron chi connectivity index (χ1n) is 5.19. The molecule has 74 valence electrons. The second-order valence-corrected chi connectivity index (χ2v) is 3.17. The van der Waals surface area contributed by atoms with E-state index >= 15 is 0 Å². The molecular formula is C10H23NO. The van der Waals surface area contributed by atoms with Gasteiger partial charge in [-0.2, -0.15) is 0 Å². The molecule has 0 bridgehead atoms. The summed E-state index contributed by atoms with van der Waals surface area (Å²) in [6.45, 7) is 4.50. The van der Waals surface area contributed by atoms with Gasteiger partial charge in [0.15, 0.2) is 0 Å². The topological polar surface area (TPSA) is 35.2 Å². The van der Waals surface area contributed by atoms with Crippen molar-refractivity contribution in [3.8, 4) is 0 Å². The van der Waals surface area contributed by atoms with Gasteiger partial charge in [0.1, 0.15) is 0 Å². The number of ether oxygens (including phenoxy) is 1. The van der Waals surface area contributed by atoms with E-state index in [2.05, 4.69) is 6.92 Å². The molecule has 2 nitrogen and oxygen atoms in total. The Morgan fingerprint density at radius 2 is 1.58 bits per heavy atom. The molecule has 2 heteroatoms.